The van der Waals surface area contributed by atoms with E-state index in [0.29, 0.717) is 12.1 Å². The molecule has 152 valence electrons. The van der Waals surface area contributed by atoms with Crippen molar-refractivity contribution in [2.45, 2.75) is 12.4 Å². The van der Waals surface area contributed by atoms with E-state index in [-0.39, 0.29) is 22.5 Å². The van der Waals surface area contributed by atoms with Crippen molar-refractivity contribution in [1.29, 1.82) is 0 Å². The summed E-state index contributed by atoms with van der Waals surface area (Å²) in [6.45, 7) is 0. The van der Waals surface area contributed by atoms with Gasteiger partial charge in [0.05, 0.1) is 17.3 Å². The summed E-state index contributed by atoms with van der Waals surface area (Å²) in [5.74, 6) is -1.51. The molecule has 0 aliphatic heterocycles. The van der Waals surface area contributed by atoms with Crippen LogP contribution in [0.15, 0.2) is 42.6 Å². The molecule has 0 radical (unpaired) electrons. The Balaban J connectivity index is 2.05. The monoisotopic (exact) mass is 435 g/mol. The Morgan fingerprint density at radius 2 is 1.55 bits per heavy atom. The summed E-state index contributed by atoms with van der Waals surface area (Å²) in [5.41, 5.74) is -4.65. The van der Waals surface area contributed by atoms with Crippen LogP contribution < -0.4 is 0 Å². The topological polar surface area (TPSA) is 68.0 Å². The van der Waals surface area contributed by atoms with Crippen LogP contribution in [0, 0.1) is 0 Å². The number of halogens is 7. The number of nitrogens with zero attached hydrogens (tertiary/aromatic N) is 3. The summed E-state index contributed by atoms with van der Waals surface area (Å²) in [4.78, 5) is 12.5. The SMILES string of the molecule is O=C(c1cc(C(F)(F)F)cc(C(F)(F)F)c1)c1cn(-c2cc(Cl)ccc2O)nn1. The van der Waals surface area contributed by atoms with E-state index in [1.165, 1.54) is 18.2 Å². The molecule has 0 fully saturated rings. The van der Waals surface area contributed by atoms with Gasteiger partial charge in [0.2, 0.25) is 5.78 Å². The fourth-order valence-corrected chi connectivity index (χ4v) is 2.57. The molecule has 0 aliphatic rings. The predicted octanol–water partition coefficient (Wildman–Crippen LogP) is 4.89. The maximum Gasteiger partial charge on any atom is 0.416 e. The third-order valence-electron chi connectivity index (χ3n) is 3.76. The Labute approximate surface area is 163 Å². The maximum absolute atomic E-state index is 13.0. The van der Waals surface area contributed by atoms with Gasteiger partial charge in [0.25, 0.3) is 0 Å². The molecule has 0 saturated carbocycles. The average Bonchev–Trinajstić information content (AvgIpc) is 3.11. The molecule has 5 nitrogen and oxygen atoms in total. The Hall–Kier alpha value is -3.08. The minimum atomic E-state index is -5.10. The molecular weight excluding hydrogens is 428 g/mol. The van der Waals surface area contributed by atoms with Crippen LogP contribution in [0.1, 0.15) is 27.2 Å². The Kier molecular flexibility index (Phi) is 5.03. The van der Waals surface area contributed by atoms with Crippen molar-refractivity contribution in [2.75, 3.05) is 0 Å². The number of ketones is 1. The summed E-state index contributed by atoms with van der Waals surface area (Å²) in [7, 11) is 0. The summed E-state index contributed by atoms with van der Waals surface area (Å²) in [6, 6.07) is 4.37. The number of rotatable bonds is 3. The standard InChI is InChI=1S/C17H8ClF6N3O2/c18-11-1-2-14(28)13(6-11)27-7-12(25-26-27)15(29)8-3-9(16(19,20)21)5-10(4-8)17(22,23)24/h1-7,28H. The number of alkyl halides is 6. The van der Waals surface area contributed by atoms with Gasteiger partial charge in [-0.2, -0.15) is 26.3 Å². The highest BCUT2D eigenvalue weighted by atomic mass is 35.5. The van der Waals surface area contributed by atoms with E-state index in [1.807, 2.05) is 0 Å². The van der Waals surface area contributed by atoms with Crippen LogP contribution in [0.5, 0.6) is 5.75 Å². The summed E-state index contributed by atoms with van der Waals surface area (Å²) >= 11 is 5.80. The number of phenols is 1. The minimum Gasteiger partial charge on any atom is -0.506 e. The molecule has 1 N–H and O–H groups in total. The van der Waals surface area contributed by atoms with Crippen molar-refractivity contribution in [3.63, 3.8) is 0 Å². The highest BCUT2D eigenvalue weighted by Gasteiger charge is 2.37. The van der Waals surface area contributed by atoms with Crippen LogP contribution >= 0.6 is 11.6 Å². The van der Waals surface area contributed by atoms with Crippen LogP contribution in [0.25, 0.3) is 5.69 Å². The first kappa shape index (κ1) is 20.6. The molecule has 12 heteroatoms. The molecule has 0 atom stereocenters. The zero-order valence-corrected chi connectivity index (χ0v) is 14.6. The Bertz CT molecular complexity index is 1060. The van der Waals surface area contributed by atoms with E-state index in [0.717, 1.165) is 10.9 Å². The van der Waals surface area contributed by atoms with Crippen molar-refractivity contribution < 1.29 is 36.2 Å². The van der Waals surface area contributed by atoms with E-state index in [2.05, 4.69) is 10.3 Å². The Morgan fingerprint density at radius 1 is 0.966 bits per heavy atom. The van der Waals surface area contributed by atoms with E-state index in [9.17, 15) is 36.2 Å². The summed E-state index contributed by atoms with van der Waals surface area (Å²) in [6.07, 6.45) is -9.25. The van der Waals surface area contributed by atoms with Crippen molar-refractivity contribution in [1.82, 2.24) is 15.0 Å². The lowest BCUT2D eigenvalue weighted by Crippen LogP contribution is -2.14. The lowest BCUT2D eigenvalue weighted by Gasteiger charge is -2.13. The van der Waals surface area contributed by atoms with Crippen LogP contribution in [0.4, 0.5) is 26.3 Å². The number of benzene rings is 2. The van der Waals surface area contributed by atoms with Crippen molar-refractivity contribution >= 4 is 17.4 Å². The van der Waals surface area contributed by atoms with Gasteiger partial charge >= 0.3 is 12.4 Å². The number of hydrogen-bond acceptors (Lipinski definition) is 4. The van der Waals surface area contributed by atoms with E-state index < -0.39 is 40.5 Å². The molecule has 1 aromatic heterocycles. The molecule has 3 rings (SSSR count). The van der Waals surface area contributed by atoms with Crippen LogP contribution in [-0.4, -0.2) is 25.9 Å². The van der Waals surface area contributed by atoms with E-state index in [4.69, 9.17) is 11.6 Å². The summed E-state index contributed by atoms with van der Waals surface area (Å²) in [5, 5.41) is 17.1. The zero-order valence-electron chi connectivity index (χ0n) is 13.9. The third-order valence-corrected chi connectivity index (χ3v) is 4.00. The first-order valence-corrected chi connectivity index (χ1v) is 7.99. The van der Waals surface area contributed by atoms with Gasteiger partial charge in [-0.05, 0) is 36.4 Å². The molecule has 0 amide bonds. The van der Waals surface area contributed by atoms with Crippen LogP contribution in [-0.2, 0) is 12.4 Å². The largest absolute Gasteiger partial charge is 0.506 e. The smallest absolute Gasteiger partial charge is 0.416 e. The number of carbonyl (C=O) groups is 1. The van der Waals surface area contributed by atoms with Gasteiger partial charge in [0, 0.05) is 10.6 Å². The lowest BCUT2D eigenvalue weighted by molar-refractivity contribution is -0.143. The fraction of sp³-hybridized carbons (Fsp3) is 0.118. The van der Waals surface area contributed by atoms with Crippen molar-refractivity contribution in [3.05, 3.63) is 70.0 Å². The number of phenolic OH excluding ortho intramolecular Hbond substituents is 1. The molecule has 1 heterocycles. The number of aromatic nitrogens is 3. The lowest BCUT2D eigenvalue weighted by atomic mass is 10.0. The van der Waals surface area contributed by atoms with E-state index >= 15 is 0 Å². The van der Waals surface area contributed by atoms with E-state index in [1.54, 1.807) is 0 Å². The second-order valence-corrected chi connectivity index (χ2v) is 6.24. The average molecular weight is 436 g/mol. The predicted molar refractivity (Wildman–Crippen MR) is 87.9 cm³/mol. The minimum absolute atomic E-state index is 0.00377. The second-order valence-electron chi connectivity index (χ2n) is 5.81. The maximum atomic E-state index is 13.0. The van der Waals surface area contributed by atoms with Gasteiger partial charge in [-0.1, -0.05) is 16.8 Å². The van der Waals surface area contributed by atoms with Crippen LogP contribution in [0.2, 0.25) is 5.02 Å². The fourth-order valence-electron chi connectivity index (χ4n) is 2.40. The number of carbonyl (C=O) groups excluding carboxylic acids is 1. The molecule has 2 aromatic carbocycles. The molecule has 0 spiro atoms. The molecule has 0 bridgehead atoms. The highest BCUT2D eigenvalue weighted by molar-refractivity contribution is 6.30. The van der Waals surface area contributed by atoms with Crippen molar-refractivity contribution in [2.24, 2.45) is 0 Å². The summed E-state index contributed by atoms with van der Waals surface area (Å²) < 4.78 is 78.7. The van der Waals surface area contributed by atoms with Gasteiger partial charge in [0.1, 0.15) is 11.4 Å². The molecule has 0 unspecified atom stereocenters. The molecule has 3 aromatic rings. The third kappa shape index (κ3) is 4.34. The quantitative estimate of drug-likeness (QED) is 0.469. The Morgan fingerprint density at radius 3 is 2.10 bits per heavy atom. The van der Waals surface area contributed by atoms with Gasteiger partial charge in [-0.15, -0.1) is 5.10 Å². The zero-order chi connectivity index (χ0) is 21.6. The molecule has 0 aliphatic carbocycles. The van der Waals surface area contributed by atoms with Crippen molar-refractivity contribution in [3.8, 4) is 11.4 Å². The van der Waals surface area contributed by atoms with Crippen LogP contribution in [0.3, 0.4) is 0 Å². The normalized spacial score (nSPS) is 12.2. The van der Waals surface area contributed by atoms with Gasteiger partial charge in [-0.3, -0.25) is 4.79 Å². The second kappa shape index (κ2) is 7.07. The number of aromatic hydroxyl groups is 1. The first-order chi connectivity index (χ1) is 13.4. The van der Waals surface area contributed by atoms with Gasteiger partial charge in [-0.25, -0.2) is 4.68 Å². The molecule has 0 saturated heterocycles. The first-order valence-electron chi connectivity index (χ1n) is 7.61. The molecular formula is C17H8ClF6N3O2. The number of hydrogen-bond donors (Lipinski definition) is 1. The molecule has 29 heavy (non-hydrogen) atoms. The van der Waals surface area contributed by atoms with Gasteiger partial charge in [0.15, 0.2) is 5.69 Å². The highest BCUT2D eigenvalue weighted by Crippen LogP contribution is 2.36. The van der Waals surface area contributed by atoms with Gasteiger partial charge < -0.3 is 5.11 Å².